The summed E-state index contributed by atoms with van der Waals surface area (Å²) < 4.78 is 0. The fourth-order valence-electron chi connectivity index (χ4n) is 0.828. The topological polar surface area (TPSA) is 41.5 Å². The van der Waals surface area contributed by atoms with Crippen LogP contribution in [0.5, 0.6) is 0 Å². The molecule has 0 atom stereocenters. The quantitative estimate of drug-likeness (QED) is 0.384. The van der Waals surface area contributed by atoms with Gasteiger partial charge >= 0.3 is 0 Å². The summed E-state index contributed by atoms with van der Waals surface area (Å²) in [7, 11) is 0. The van der Waals surface area contributed by atoms with Gasteiger partial charge in [0.25, 0.3) is 0 Å². The van der Waals surface area contributed by atoms with Gasteiger partial charge in [0.15, 0.2) is 0 Å². The Labute approximate surface area is 80.6 Å². The third kappa shape index (κ3) is 7.50. The maximum absolute atomic E-state index is 11.1. The van der Waals surface area contributed by atoms with E-state index in [1.807, 2.05) is 13.8 Å². The van der Waals surface area contributed by atoms with Gasteiger partial charge in [0.05, 0.1) is 0 Å². The molecule has 0 heterocycles. The van der Waals surface area contributed by atoms with Gasteiger partial charge in [-0.1, -0.05) is 26.7 Å². The molecule has 0 saturated carbocycles. The van der Waals surface area contributed by atoms with Crippen LogP contribution in [0.1, 0.15) is 52.9 Å². The molecule has 1 amide bonds. The third-order valence-corrected chi connectivity index (χ3v) is 1.89. The van der Waals surface area contributed by atoms with Crippen LogP contribution in [0, 0.1) is 0 Å². The average molecular weight is 184 g/mol. The molecule has 0 saturated heterocycles. The first-order chi connectivity index (χ1) is 6.20. The second-order valence-electron chi connectivity index (χ2n) is 3.19. The predicted octanol–water partition coefficient (Wildman–Crippen LogP) is 2.47. The van der Waals surface area contributed by atoms with Crippen molar-refractivity contribution in [2.45, 2.75) is 52.9 Å². The lowest BCUT2D eigenvalue weighted by atomic mass is 10.2. The molecule has 0 spiro atoms. The van der Waals surface area contributed by atoms with E-state index in [4.69, 9.17) is 0 Å². The van der Waals surface area contributed by atoms with E-state index in [1.54, 1.807) is 0 Å². The largest absolute Gasteiger partial charge is 0.273 e. The minimum Gasteiger partial charge on any atom is -0.273 e. The molecule has 0 aliphatic heterocycles. The van der Waals surface area contributed by atoms with Crippen molar-refractivity contribution in [1.82, 2.24) is 5.43 Å². The van der Waals surface area contributed by atoms with E-state index >= 15 is 0 Å². The fraction of sp³-hybridized carbons (Fsp3) is 0.800. The maximum Gasteiger partial charge on any atom is 0.240 e. The van der Waals surface area contributed by atoms with Crippen LogP contribution in [0.3, 0.4) is 0 Å². The number of hydrazone groups is 1. The highest BCUT2D eigenvalue weighted by Crippen LogP contribution is 1.98. The number of rotatable bonds is 6. The molecule has 0 aromatic rings. The molecule has 0 bridgehead atoms. The molecule has 76 valence electrons. The molecular weight excluding hydrogens is 164 g/mol. The minimum atomic E-state index is 0.0289. The third-order valence-electron chi connectivity index (χ3n) is 1.89. The Kier molecular flexibility index (Phi) is 7.26. The van der Waals surface area contributed by atoms with Crippen molar-refractivity contribution in [1.29, 1.82) is 0 Å². The smallest absolute Gasteiger partial charge is 0.240 e. The first-order valence-corrected chi connectivity index (χ1v) is 5.02. The lowest BCUT2D eigenvalue weighted by Gasteiger charge is -2.00. The van der Waals surface area contributed by atoms with Gasteiger partial charge < -0.3 is 0 Å². The first kappa shape index (κ1) is 12.1. The number of nitrogens with one attached hydrogen (secondary N) is 1. The van der Waals surface area contributed by atoms with Crippen LogP contribution in [0.15, 0.2) is 5.10 Å². The molecule has 0 aliphatic rings. The zero-order valence-corrected chi connectivity index (χ0v) is 8.89. The fourth-order valence-corrected chi connectivity index (χ4v) is 0.828. The van der Waals surface area contributed by atoms with Crippen LogP contribution in [0.25, 0.3) is 0 Å². The van der Waals surface area contributed by atoms with Crippen molar-refractivity contribution < 1.29 is 4.79 Å². The molecule has 0 fully saturated rings. The standard InChI is InChI=1S/C10H20N2O/c1-4-6-7-8-10(13)12-11-9(3)5-2/h4-8H2,1-3H3,(H,12,13)/b11-9+. The van der Waals surface area contributed by atoms with Crippen molar-refractivity contribution in [3.8, 4) is 0 Å². The van der Waals surface area contributed by atoms with Gasteiger partial charge in [-0.25, -0.2) is 5.43 Å². The highest BCUT2D eigenvalue weighted by molar-refractivity contribution is 5.84. The number of hydrogen-bond acceptors (Lipinski definition) is 2. The number of carbonyl (C=O) groups is 1. The zero-order valence-electron chi connectivity index (χ0n) is 8.89. The van der Waals surface area contributed by atoms with Gasteiger partial charge in [-0.05, 0) is 19.8 Å². The number of hydrogen-bond donors (Lipinski definition) is 1. The summed E-state index contributed by atoms with van der Waals surface area (Å²) >= 11 is 0. The van der Waals surface area contributed by atoms with Crippen LogP contribution >= 0.6 is 0 Å². The van der Waals surface area contributed by atoms with Crippen molar-refractivity contribution >= 4 is 11.6 Å². The van der Waals surface area contributed by atoms with Gasteiger partial charge in [0.1, 0.15) is 0 Å². The van der Waals surface area contributed by atoms with Gasteiger partial charge in [-0.2, -0.15) is 5.10 Å². The van der Waals surface area contributed by atoms with Crippen molar-refractivity contribution in [3.63, 3.8) is 0 Å². The highest BCUT2D eigenvalue weighted by Gasteiger charge is 1.98. The normalized spacial score (nSPS) is 11.5. The highest BCUT2D eigenvalue weighted by atomic mass is 16.2. The predicted molar refractivity (Wildman–Crippen MR) is 55.7 cm³/mol. The van der Waals surface area contributed by atoms with Gasteiger partial charge in [-0.15, -0.1) is 0 Å². The summed E-state index contributed by atoms with van der Waals surface area (Å²) in [5.74, 6) is 0.0289. The summed E-state index contributed by atoms with van der Waals surface area (Å²) in [6, 6.07) is 0. The van der Waals surface area contributed by atoms with E-state index < -0.39 is 0 Å². The molecule has 0 unspecified atom stereocenters. The number of unbranched alkanes of at least 4 members (excludes halogenated alkanes) is 2. The van der Waals surface area contributed by atoms with Gasteiger partial charge in [-0.3, -0.25) is 4.79 Å². The average Bonchev–Trinajstić information content (AvgIpc) is 2.14. The van der Waals surface area contributed by atoms with Crippen LogP contribution in [-0.2, 0) is 4.79 Å². The van der Waals surface area contributed by atoms with Crippen molar-refractivity contribution in [2.75, 3.05) is 0 Å². The molecule has 0 rings (SSSR count). The van der Waals surface area contributed by atoms with E-state index in [2.05, 4.69) is 17.5 Å². The molecule has 1 N–H and O–H groups in total. The number of nitrogens with zero attached hydrogens (tertiary/aromatic N) is 1. The monoisotopic (exact) mass is 184 g/mol. The summed E-state index contributed by atoms with van der Waals surface area (Å²) in [5.41, 5.74) is 3.50. The van der Waals surface area contributed by atoms with Crippen LogP contribution in [-0.4, -0.2) is 11.6 Å². The number of amides is 1. The van der Waals surface area contributed by atoms with Crippen molar-refractivity contribution in [2.24, 2.45) is 5.10 Å². The summed E-state index contributed by atoms with van der Waals surface area (Å²) in [5, 5.41) is 3.94. The Hall–Kier alpha value is -0.860. The van der Waals surface area contributed by atoms with Crippen LogP contribution in [0.2, 0.25) is 0 Å². The van der Waals surface area contributed by atoms with Crippen molar-refractivity contribution in [3.05, 3.63) is 0 Å². The van der Waals surface area contributed by atoms with Gasteiger partial charge in [0, 0.05) is 12.1 Å². The van der Waals surface area contributed by atoms with E-state index in [1.165, 1.54) is 0 Å². The Morgan fingerprint density at radius 1 is 1.31 bits per heavy atom. The Morgan fingerprint density at radius 2 is 2.00 bits per heavy atom. The maximum atomic E-state index is 11.1. The second-order valence-corrected chi connectivity index (χ2v) is 3.19. The number of carbonyl (C=O) groups excluding carboxylic acids is 1. The zero-order chi connectivity index (χ0) is 10.1. The van der Waals surface area contributed by atoms with Crippen LogP contribution in [0.4, 0.5) is 0 Å². The Balaban J connectivity index is 3.51. The summed E-state index contributed by atoms with van der Waals surface area (Å²) in [4.78, 5) is 11.1. The van der Waals surface area contributed by atoms with Gasteiger partial charge in [0.2, 0.25) is 5.91 Å². The Morgan fingerprint density at radius 3 is 2.54 bits per heavy atom. The molecule has 0 aromatic heterocycles. The first-order valence-electron chi connectivity index (χ1n) is 5.02. The minimum absolute atomic E-state index is 0.0289. The molecule has 3 heteroatoms. The van der Waals surface area contributed by atoms with E-state index in [-0.39, 0.29) is 5.91 Å². The molecule has 0 radical (unpaired) electrons. The summed E-state index contributed by atoms with van der Waals surface area (Å²) in [6.45, 7) is 6.05. The van der Waals surface area contributed by atoms with E-state index in [0.29, 0.717) is 6.42 Å². The SMILES string of the molecule is CCCCCC(=O)N/N=C(\C)CC. The molecular formula is C10H20N2O. The lowest BCUT2D eigenvalue weighted by Crippen LogP contribution is -2.18. The molecule has 3 nitrogen and oxygen atoms in total. The molecule has 0 aromatic carbocycles. The Bertz CT molecular complexity index is 176. The lowest BCUT2D eigenvalue weighted by molar-refractivity contribution is -0.121. The molecule has 13 heavy (non-hydrogen) atoms. The van der Waals surface area contributed by atoms with Crippen LogP contribution < -0.4 is 5.43 Å². The van der Waals surface area contributed by atoms with E-state index in [9.17, 15) is 4.79 Å². The molecule has 0 aliphatic carbocycles. The van der Waals surface area contributed by atoms with E-state index in [0.717, 1.165) is 31.4 Å². The summed E-state index contributed by atoms with van der Waals surface area (Å²) in [6.07, 6.45) is 4.70. The second kappa shape index (κ2) is 7.77.